The van der Waals surface area contributed by atoms with Gasteiger partial charge in [-0.1, -0.05) is 13.8 Å². The van der Waals surface area contributed by atoms with Gasteiger partial charge >= 0.3 is 0 Å². The third-order valence-electron chi connectivity index (χ3n) is 5.68. The highest BCUT2D eigenvalue weighted by Gasteiger charge is 2.47. The maximum atomic E-state index is 3.69. The first-order valence-electron chi connectivity index (χ1n) is 8.21. The highest BCUT2D eigenvalue weighted by atomic mass is 15.2. The van der Waals surface area contributed by atoms with E-state index < -0.39 is 0 Å². The summed E-state index contributed by atoms with van der Waals surface area (Å²) in [7, 11) is 0. The normalized spacial score (nSPS) is 38.3. The van der Waals surface area contributed by atoms with Crippen LogP contribution in [0.4, 0.5) is 0 Å². The number of nitrogens with one attached hydrogen (secondary N) is 1. The van der Waals surface area contributed by atoms with Gasteiger partial charge in [-0.05, 0) is 63.3 Å². The van der Waals surface area contributed by atoms with E-state index in [0.717, 1.165) is 42.4 Å². The van der Waals surface area contributed by atoms with Gasteiger partial charge in [0.15, 0.2) is 0 Å². The summed E-state index contributed by atoms with van der Waals surface area (Å²) in [5, 5.41) is 3.69. The number of nitrogens with zero attached hydrogens (tertiary/aromatic N) is 1. The highest BCUT2D eigenvalue weighted by Crippen LogP contribution is 2.48. The molecule has 3 atom stereocenters. The van der Waals surface area contributed by atoms with Gasteiger partial charge in [-0.25, -0.2) is 0 Å². The van der Waals surface area contributed by atoms with E-state index in [2.05, 4.69) is 31.0 Å². The van der Waals surface area contributed by atoms with Gasteiger partial charge in [-0.3, -0.25) is 4.90 Å². The van der Waals surface area contributed by atoms with Crippen LogP contribution in [-0.4, -0.2) is 36.1 Å². The number of rotatable bonds is 5. The summed E-state index contributed by atoms with van der Waals surface area (Å²) in [6.07, 6.45) is 7.39. The Hall–Kier alpha value is -0.0800. The second-order valence-electron chi connectivity index (χ2n) is 6.96. The van der Waals surface area contributed by atoms with Crippen LogP contribution in [0.5, 0.6) is 0 Å². The van der Waals surface area contributed by atoms with Gasteiger partial charge in [0, 0.05) is 24.7 Å². The zero-order valence-corrected chi connectivity index (χ0v) is 12.4. The van der Waals surface area contributed by atoms with E-state index in [1.807, 2.05) is 0 Å². The molecule has 0 aromatic carbocycles. The molecule has 1 aliphatic heterocycles. The van der Waals surface area contributed by atoms with Gasteiger partial charge in [0.2, 0.25) is 0 Å². The molecule has 0 aromatic rings. The molecular weight excluding hydrogens is 220 g/mol. The summed E-state index contributed by atoms with van der Waals surface area (Å²) in [6.45, 7) is 9.63. The molecule has 0 aromatic heterocycles. The van der Waals surface area contributed by atoms with Crippen molar-refractivity contribution in [2.75, 3.05) is 13.1 Å². The Morgan fingerprint density at radius 2 is 1.67 bits per heavy atom. The van der Waals surface area contributed by atoms with E-state index >= 15 is 0 Å². The van der Waals surface area contributed by atoms with Crippen molar-refractivity contribution in [1.82, 2.24) is 10.2 Å². The molecule has 2 saturated carbocycles. The van der Waals surface area contributed by atoms with Crippen LogP contribution in [0.25, 0.3) is 0 Å². The number of piperidine rings is 1. The molecule has 2 heteroatoms. The lowest BCUT2D eigenvalue weighted by molar-refractivity contribution is 0.0295. The molecule has 3 unspecified atom stereocenters. The van der Waals surface area contributed by atoms with Crippen molar-refractivity contribution in [2.45, 2.75) is 71.0 Å². The Labute approximate surface area is 113 Å². The average molecular weight is 250 g/mol. The van der Waals surface area contributed by atoms with E-state index in [0.29, 0.717) is 0 Å². The van der Waals surface area contributed by atoms with Crippen LogP contribution in [0, 0.1) is 17.8 Å². The second-order valence-corrected chi connectivity index (χ2v) is 6.96. The van der Waals surface area contributed by atoms with Gasteiger partial charge < -0.3 is 5.32 Å². The van der Waals surface area contributed by atoms with Crippen LogP contribution < -0.4 is 5.32 Å². The molecule has 18 heavy (non-hydrogen) atoms. The fraction of sp³-hybridized carbons (Fsp3) is 1.00. The quantitative estimate of drug-likeness (QED) is 0.807. The van der Waals surface area contributed by atoms with Crippen molar-refractivity contribution in [3.63, 3.8) is 0 Å². The van der Waals surface area contributed by atoms with Crippen LogP contribution in [0.15, 0.2) is 0 Å². The minimum Gasteiger partial charge on any atom is -0.314 e. The molecular formula is C16H30N2. The summed E-state index contributed by atoms with van der Waals surface area (Å²) in [5.41, 5.74) is 0. The Morgan fingerprint density at radius 1 is 1.06 bits per heavy atom. The Morgan fingerprint density at radius 3 is 2.17 bits per heavy atom. The molecule has 0 bridgehead atoms. The zero-order valence-electron chi connectivity index (χ0n) is 12.4. The van der Waals surface area contributed by atoms with Gasteiger partial charge in [-0.15, -0.1) is 0 Å². The fourth-order valence-electron chi connectivity index (χ4n) is 4.17. The minimum atomic E-state index is 0.750. The summed E-state index contributed by atoms with van der Waals surface area (Å²) < 4.78 is 0. The van der Waals surface area contributed by atoms with Gasteiger partial charge in [0.05, 0.1) is 0 Å². The first kappa shape index (κ1) is 12.9. The summed E-state index contributed by atoms with van der Waals surface area (Å²) in [5.74, 6) is 2.92. The maximum absolute atomic E-state index is 3.69. The van der Waals surface area contributed by atoms with Crippen molar-refractivity contribution >= 4 is 0 Å². The Balaban J connectivity index is 1.66. The van der Waals surface area contributed by atoms with Crippen LogP contribution in [-0.2, 0) is 0 Å². The lowest BCUT2D eigenvalue weighted by atomic mass is 9.84. The fourth-order valence-corrected chi connectivity index (χ4v) is 4.17. The second kappa shape index (κ2) is 5.13. The molecule has 1 saturated heterocycles. The molecule has 0 spiro atoms. The van der Waals surface area contributed by atoms with Gasteiger partial charge in [0.1, 0.15) is 0 Å². The third-order valence-corrected chi connectivity index (χ3v) is 5.68. The summed E-state index contributed by atoms with van der Waals surface area (Å²) in [6, 6.07) is 2.47. The largest absolute Gasteiger partial charge is 0.314 e. The third kappa shape index (κ3) is 2.46. The summed E-state index contributed by atoms with van der Waals surface area (Å²) in [4.78, 5) is 2.90. The standard InChI is InChI=1S/C16H30N2/c1-4-17-15-9-10-18(12(3)11(15)2)16(13-5-6-13)14-7-8-14/h11-17H,4-10H2,1-3H3. The van der Waals surface area contributed by atoms with Crippen molar-refractivity contribution in [3.8, 4) is 0 Å². The van der Waals surface area contributed by atoms with Crippen LogP contribution in [0.2, 0.25) is 0 Å². The van der Waals surface area contributed by atoms with E-state index in [-0.39, 0.29) is 0 Å². The predicted molar refractivity (Wildman–Crippen MR) is 76.6 cm³/mol. The predicted octanol–water partition coefficient (Wildman–Crippen LogP) is 2.88. The summed E-state index contributed by atoms with van der Waals surface area (Å²) >= 11 is 0. The van der Waals surface area contributed by atoms with Crippen LogP contribution in [0.3, 0.4) is 0 Å². The first-order valence-corrected chi connectivity index (χ1v) is 8.21. The van der Waals surface area contributed by atoms with Crippen LogP contribution in [0.1, 0.15) is 52.9 Å². The first-order chi connectivity index (χ1) is 8.72. The highest BCUT2D eigenvalue weighted by molar-refractivity contribution is 5.01. The van der Waals surface area contributed by atoms with Gasteiger partial charge in [0.25, 0.3) is 0 Å². The lowest BCUT2D eigenvalue weighted by Gasteiger charge is -2.47. The molecule has 3 aliphatic rings. The molecule has 0 radical (unpaired) electrons. The maximum Gasteiger partial charge on any atom is 0.0155 e. The van der Waals surface area contributed by atoms with Crippen molar-refractivity contribution in [2.24, 2.45) is 17.8 Å². The molecule has 2 nitrogen and oxygen atoms in total. The van der Waals surface area contributed by atoms with E-state index in [9.17, 15) is 0 Å². The van der Waals surface area contributed by atoms with Crippen LogP contribution >= 0.6 is 0 Å². The van der Waals surface area contributed by atoms with E-state index in [1.165, 1.54) is 38.6 Å². The Kier molecular flexibility index (Phi) is 3.68. The average Bonchev–Trinajstić information content (AvgIpc) is 3.22. The lowest BCUT2D eigenvalue weighted by Crippen LogP contribution is -2.57. The molecule has 2 aliphatic carbocycles. The number of likely N-dealkylation sites (tertiary alicyclic amines) is 1. The van der Waals surface area contributed by atoms with E-state index in [1.54, 1.807) is 0 Å². The molecule has 104 valence electrons. The molecule has 3 fully saturated rings. The topological polar surface area (TPSA) is 15.3 Å². The van der Waals surface area contributed by atoms with E-state index in [4.69, 9.17) is 0 Å². The molecule has 3 rings (SSSR count). The zero-order chi connectivity index (χ0) is 12.7. The Bertz CT molecular complexity index is 271. The SMILES string of the molecule is CCNC1CCN(C(C2CC2)C2CC2)C(C)C1C. The van der Waals surface area contributed by atoms with Crippen molar-refractivity contribution < 1.29 is 0 Å². The number of hydrogen-bond acceptors (Lipinski definition) is 2. The molecule has 1 heterocycles. The smallest absolute Gasteiger partial charge is 0.0155 e. The van der Waals surface area contributed by atoms with Crippen molar-refractivity contribution in [1.29, 1.82) is 0 Å². The van der Waals surface area contributed by atoms with Gasteiger partial charge in [-0.2, -0.15) is 0 Å². The minimum absolute atomic E-state index is 0.750. The molecule has 0 amide bonds. The van der Waals surface area contributed by atoms with Crippen molar-refractivity contribution in [3.05, 3.63) is 0 Å². The monoisotopic (exact) mass is 250 g/mol. The molecule has 1 N–H and O–H groups in total. The number of hydrogen-bond donors (Lipinski definition) is 1.